The summed E-state index contributed by atoms with van der Waals surface area (Å²) < 4.78 is 5.29. The molecule has 0 radical (unpaired) electrons. The molecule has 0 aliphatic rings. The quantitative estimate of drug-likeness (QED) is 0.715. The number of thiophene rings is 1. The Morgan fingerprint density at radius 1 is 1.54 bits per heavy atom. The summed E-state index contributed by atoms with van der Waals surface area (Å²) in [5, 5.41) is 4.10. The van der Waals surface area contributed by atoms with E-state index in [2.05, 4.69) is 10.4 Å². The van der Waals surface area contributed by atoms with Gasteiger partial charge in [0.2, 0.25) is 5.89 Å². The number of aromatic nitrogens is 1. The molecule has 0 aromatic carbocycles. The van der Waals surface area contributed by atoms with Crippen molar-refractivity contribution in [2.24, 2.45) is 0 Å². The van der Waals surface area contributed by atoms with Gasteiger partial charge in [0.25, 0.3) is 0 Å². The van der Waals surface area contributed by atoms with Gasteiger partial charge in [0.05, 0.1) is 17.1 Å². The third-order valence-corrected chi connectivity index (χ3v) is 2.91. The zero-order valence-corrected chi connectivity index (χ0v) is 8.65. The van der Waals surface area contributed by atoms with Gasteiger partial charge in [0, 0.05) is 5.38 Å². The van der Waals surface area contributed by atoms with Crippen LogP contribution < -0.4 is 0 Å². The van der Waals surface area contributed by atoms with Crippen molar-refractivity contribution in [3.63, 3.8) is 0 Å². The van der Waals surface area contributed by atoms with Gasteiger partial charge in [-0.05, 0) is 17.9 Å². The van der Waals surface area contributed by atoms with Crippen LogP contribution in [-0.4, -0.2) is 4.98 Å². The Bertz CT molecular complexity index is 407. The van der Waals surface area contributed by atoms with E-state index in [1.807, 2.05) is 12.3 Å². The maximum atomic E-state index is 5.62. The van der Waals surface area contributed by atoms with Gasteiger partial charge in [0.15, 0.2) is 0 Å². The predicted octanol–water partition coefficient (Wildman–Crippen LogP) is 3.45. The Balaban J connectivity index is 2.41. The van der Waals surface area contributed by atoms with Crippen molar-refractivity contribution in [3.8, 4) is 11.5 Å². The van der Waals surface area contributed by atoms with Crippen LogP contribution in [0.15, 0.2) is 21.4 Å². The molecule has 0 amide bonds. The van der Waals surface area contributed by atoms with Crippen molar-refractivity contribution < 1.29 is 4.42 Å². The summed E-state index contributed by atoms with van der Waals surface area (Å²) >= 11 is 7.27. The number of halogens is 1. The third kappa shape index (κ3) is 1.62. The maximum Gasteiger partial charge on any atom is 0.227 e. The first-order valence-corrected chi connectivity index (χ1v) is 5.32. The number of hydrogen-bond donors (Lipinski definition) is 0. The molecule has 0 atom stereocenters. The third-order valence-electron chi connectivity index (χ3n) is 1.77. The van der Waals surface area contributed by atoms with E-state index in [-0.39, 0.29) is 0 Å². The molecule has 0 N–H and O–H groups in total. The van der Waals surface area contributed by atoms with E-state index in [9.17, 15) is 0 Å². The summed E-state index contributed by atoms with van der Waals surface area (Å²) in [7, 11) is 0. The zero-order chi connectivity index (χ0) is 9.26. The molecule has 0 bridgehead atoms. The van der Waals surface area contributed by atoms with Crippen LogP contribution in [0.1, 0.15) is 11.3 Å². The van der Waals surface area contributed by atoms with Crippen LogP contribution in [0.5, 0.6) is 0 Å². The molecule has 2 nitrogen and oxygen atoms in total. The van der Waals surface area contributed by atoms with Crippen molar-refractivity contribution >= 4 is 22.9 Å². The molecule has 0 aliphatic carbocycles. The highest BCUT2D eigenvalue weighted by Crippen LogP contribution is 2.26. The molecular formula is C9H8ClNOS. The fraction of sp³-hybridized carbons (Fsp3) is 0.222. The molecule has 2 heterocycles. The van der Waals surface area contributed by atoms with Crippen LogP contribution in [-0.2, 0) is 5.88 Å². The highest BCUT2D eigenvalue weighted by Gasteiger charge is 2.08. The van der Waals surface area contributed by atoms with E-state index in [0.29, 0.717) is 11.8 Å². The van der Waals surface area contributed by atoms with Gasteiger partial charge in [0.1, 0.15) is 6.26 Å². The molecule has 0 saturated carbocycles. The number of rotatable bonds is 2. The lowest BCUT2D eigenvalue weighted by molar-refractivity contribution is 0.573. The Hall–Kier alpha value is -0.800. The first-order chi connectivity index (χ1) is 6.31. The highest BCUT2D eigenvalue weighted by molar-refractivity contribution is 7.08. The highest BCUT2D eigenvalue weighted by atomic mass is 35.5. The second-order valence-electron chi connectivity index (χ2n) is 2.75. The molecule has 2 aromatic rings. The maximum absolute atomic E-state index is 5.62. The lowest BCUT2D eigenvalue weighted by atomic mass is 10.2. The topological polar surface area (TPSA) is 26.0 Å². The average molecular weight is 214 g/mol. The molecule has 0 spiro atoms. The summed E-state index contributed by atoms with van der Waals surface area (Å²) in [5.74, 6) is 1.06. The van der Waals surface area contributed by atoms with Crippen molar-refractivity contribution in [1.82, 2.24) is 4.98 Å². The number of nitrogens with zero attached hydrogens (tertiary/aromatic N) is 1. The molecule has 4 heteroatoms. The van der Waals surface area contributed by atoms with Crippen LogP contribution in [0.4, 0.5) is 0 Å². The van der Waals surface area contributed by atoms with Crippen LogP contribution in [0.2, 0.25) is 0 Å². The van der Waals surface area contributed by atoms with E-state index < -0.39 is 0 Å². The average Bonchev–Trinajstić information content (AvgIpc) is 2.71. The molecule has 0 fully saturated rings. The molecular weight excluding hydrogens is 206 g/mol. The summed E-state index contributed by atoms with van der Waals surface area (Å²) in [6, 6.07) is 0. The molecule has 68 valence electrons. The van der Waals surface area contributed by atoms with Gasteiger partial charge in [-0.2, -0.15) is 11.3 Å². The number of aryl methyl sites for hydroxylation is 1. The molecule has 13 heavy (non-hydrogen) atoms. The number of oxazole rings is 1. The number of alkyl halides is 1. The Labute approximate surface area is 85.2 Å². The first-order valence-electron chi connectivity index (χ1n) is 3.85. The lowest BCUT2D eigenvalue weighted by Crippen LogP contribution is -1.79. The van der Waals surface area contributed by atoms with Gasteiger partial charge >= 0.3 is 0 Å². The predicted molar refractivity (Wildman–Crippen MR) is 54.1 cm³/mol. The van der Waals surface area contributed by atoms with E-state index in [4.69, 9.17) is 16.0 Å². The van der Waals surface area contributed by atoms with Gasteiger partial charge < -0.3 is 4.42 Å². The van der Waals surface area contributed by atoms with E-state index >= 15 is 0 Å². The second kappa shape index (κ2) is 3.52. The minimum absolute atomic E-state index is 0.396. The van der Waals surface area contributed by atoms with Crippen molar-refractivity contribution in [2.75, 3.05) is 0 Å². The van der Waals surface area contributed by atoms with Crippen LogP contribution in [0, 0.1) is 6.92 Å². The molecule has 2 rings (SSSR count). The minimum atomic E-state index is 0.396. The van der Waals surface area contributed by atoms with E-state index in [0.717, 1.165) is 11.3 Å². The molecule has 2 aromatic heterocycles. The monoisotopic (exact) mass is 213 g/mol. The van der Waals surface area contributed by atoms with Crippen molar-refractivity contribution in [2.45, 2.75) is 12.8 Å². The molecule has 0 saturated heterocycles. The summed E-state index contributed by atoms with van der Waals surface area (Å²) in [6.45, 7) is 2.04. The van der Waals surface area contributed by atoms with Crippen LogP contribution >= 0.6 is 22.9 Å². The fourth-order valence-corrected chi connectivity index (χ4v) is 2.02. The summed E-state index contributed by atoms with van der Waals surface area (Å²) in [5.41, 5.74) is 3.02. The van der Waals surface area contributed by atoms with Gasteiger partial charge in [-0.3, -0.25) is 0 Å². The Kier molecular flexibility index (Phi) is 2.38. The first kappa shape index (κ1) is 8.78. The normalized spacial score (nSPS) is 10.6. The lowest BCUT2D eigenvalue weighted by Gasteiger charge is -1.90. The summed E-state index contributed by atoms with van der Waals surface area (Å²) in [6.07, 6.45) is 1.60. The van der Waals surface area contributed by atoms with E-state index in [1.165, 1.54) is 5.56 Å². The zero-order valence-electron chi connectivity index (χ0n) is 7.08. The Morgan fingerprint density at radius 2 is 2.38 bits per heavy atom. The van der Waals surface area contributed by atoms with Crippen molar-refractivity contribution in [1.29, 1.82) is 0 Å². The Morgan fingerprint density at radius 3 is 2.92 bits per heavy atom. The SMILES string of the molecule is Cc1cscc1-c1nc(CCl)co1. The second-order valence-corrected chi connectivity index (χ2v) is 3.76. The summed E-state index contributed by atoms with van der Waals surface area (Å²) in [4.78, 5) is 4.24. The molecule has 0 unspecified atom stereocenters. The van der Waals surface area contributed by atoms with Crippen molar-refractivity contribution in [3.05, 3.63) is 28.3 Å². The van der Waals surface area contributed by atoms with Gasteiger partial charge in [-0.25, -0.2) is 4.98 Å². The van der Waals surface area contributed by atoms with Crippen LogP contribution in [0.25, 0.3) is 11.5 Å². The largest absolute Gasteiger partial charge is 0.444 e. The molecule has 0 aliphatic heterocycles. The van der Waals surface area contributed by atoms with Crippen LogP contribution in [0.3, 0.4) is 0 Å². The van der Waals surface area contributed by atoms with E-state index in [1.54, 1.807) is 17.6 Å². The smallest absolute Gasteiger partial charge is 0.227 e. The van der Waals surface area contributed by atoms with Gasteiger partial charge in [-0.1, -0.05) is 0 Å². The van der Waals surface area contributed by atoms with Gasteiger partial charge in [-0.15, -0.1) is 11.6 Å². The number of hydrogen-bond acceptors (Lipinski definition) is 3. The fourth-order valence-electron chi connectivity index (χ4n) is 1.07. The standard InChI is InChI=1S/C9H8ClNOS/c1-6-4-13-5-8(6)9-11-7(2-10)3-12-9/h3-5H,2H2,1H3. The minimum Gasteiger partial charge on any atom is -0.444 e.